The minimum Gasteiger partial charge on any atom is -0.381 e. The second-order valence-corrected chi connectivity index (χ2v) is 8.58. The van der Waals surface area contributed by atoms with Crippen molar-refractivity contribution in [3.05, 3.63) is 42.6 Å². The second-order valence-electron chi connectivity index (χ2n) is 8.58. The predicted molar refractivity (Wildman–Crippen MR) is 122 cm³/mol. The maximum atomic E-state index is 12.7. The van der Waals surface area contributed by atoms with Crippen LogP contribution in [0.5, 0.6) is 0 Å². The van der Waals surface area contributed by atoms with Crippen molar-refractivity contribution in [1.82, 2.24) is 25.3 Å². The summed E-state index contributed by atoms with van der Waals surface area (Å²) in [5.41, 5.74) is 2.27. The van der Waals surface area contributed by atoms with Crippen LogP contribution in [0.3, 0.4) is 0 Å². The molecule has 8 heteroatoms. The van der Waals surface area contributed by atoms with E-state index in [0.29, 0.717) is 25.7 Å². The molecule has 2 aliphatic rings. The highest BCUT2D eigenvalue weighted by Gasteiger charge is 2.22. The van der Waals surface area contributed by atoms with Crippen LogP contribution in [-0.4, -0.2) is 58.1 Å². The quantitative estimate of drug-likeness (QED) is 0.613. The Morgan fingerprint density at radius 1 is 0.969 bits per heavy atom. The number of rotatable bonds is 6. The zero-order valence-corrected chi connectivity index (χ0v) is 18.1. The highest BCUT2D eigenvalue weighted by molar-refractivity contribution is 5.87. The molecule has 0 bridgehead atoms. The summed E-state index contributed by atoms with van der Waals surface area (Å²) in [5, 5.41) is 8.80. The van der Waals surface area contributed by atoms with Crippen molar-refractivity contribution in [3.8, 4) is 11.4 Å². The van der Waals surface area contributed by atoms with E-state index >= 15 is 0 Å². The molecule has 8 nitrogen and oxygen atoms in total. The van der Waals surface area contributed by atoms with Crippen molar-refractivity contribution in [1.29, 1.82) is 0 Å². The van der Waals surface area contributed by atoms with Crippen LogP contribution in [0.25, 0.3) is 22.2 Å². The number of anilines is 1. The minimum atomic E-state index is 0.0831. The van der Waals surface area contributed by atoms with Crippen LogP contribution < -0.4 is 10.6 Å². The largest absolute Gasteiger partial charge is 0.381 e. The smallest absolute Gasteiger partial charge is 0.145 e. The number of pyridine rings is 2. The highest BCUT2D eigenvalue weighted by atomic mass is 16.5. The molecule has 5 rings (SSSR count). The summed E-state index contributed by atoms with van der Waals surface area (Å²) < 4.78 is 5.37. The number of fused-ring (bicyclic) bond motifs is 1. The summed E-state index contributed by atoms with van der Waals surface area (Å²) in [6, 6.07) is 4.40. The summed E-state index contributed by atoms with van der Waals surface area (Å²) in [6.07, 6.45) is 11.2. The van der Waals surface area contributed by atoms with Gasteiger partial charge in [-0.1, -0.05) is 0 Å². The van der Waals surface area contributed by atoms with Crippen LogP contribution in [0.2, 0.25) is 0 Å². The molecule has 0 amide bonds. The van der Waals surface area contributed by atoms with E-state index in [0.717, 1.165) is 72.4 Å². The van der Waals surface area contributed by atoms with Crippen molar-refractivity contribution < 1.29 is 9.53 Å². The summed E-state index contributed by atoms with van der Waals surface area (Å²) in [7, 11) is 0. The molecule has 0 aliphatic carbocycles. The van der Waals surface area contributed by atoms with Crippen LogP contribution in [-0.2, 0) is 16.0 Å². The average molecular weight is 433 g/mol. The molecule has 0 atom stereocenters. The lowest BCUT2D eigenvalue weighted by atomic mass is 9.92. The Morgan fingerprint density at radius 3 is 2.62 bits per heavy atom. The fourth-order valence-corrected chi connectivity index (χ4v) is 4.40. The number of nitrogens with one attached hydrogen (secondary N) is 2. The summed E-state index contributed by atoms with van der Waals surface area (Å²) >= 11 is 0. The zero-order valence-electron chi connectivity index (χ0n) is 18.1. The first kappa shape index (κ1) is 20.9. The van der Waals surface area contributed by atoms with E-state index in [-0.39, 0.29) is 11.7 Å². The third-order valence-corrected chi connectivity index (χ3v) is 6.28. The Bertz CT molecular complexity index is 1090. The van der Waals surface area contributed by atoms with Crippen LogP contribution in [0.1, 0.15) is 31.4 Å². The lowest BCUT2D eigenvalue weighted by Crippen LogP contribution is -2.35. The minimum absolute atomic E-state index is 0.0831. The van der Waals surface area contributed by atoms with E-state index < -0.39 is 0 Å². The van der Waals surface area contributed by atoms with Gasteiger partial charge in [-0.3, -0.25) is 19.7 Å². The van der Waals surface area contributed by atoms with Crippen molar-refractivity contribution in [3.63, 3.8) is 0 Å². The van der Waals surface area contributed by atoms with Gasteiger partial charge in [-0.05, 0) is 56.3 Å². The number of piperidine rings is 1. The van der Waals surface area contributed by atoms with Crippen LogP contribution in [0, 0.1) is 5.92 Å². The first-order valence-electron chi connectivity index (χ1n) is 11.4. The van der Waals surface area contributed by atoms with Crippen molar-refractivity contribution >= 4 is 22.4 Å². The number of carbonyl (C=O) groups is 1. The van der Waals surface area contributed by atoms with Crippen molar-refractivity contribution in [2.75, 3.05) is 31.6 Å². The SMILES string of the molecule is O=C(Cc1cc2cc(-c3cncc(NC4CCNCC4)n3)ncc2cn1)C1CCOCC1. The van der Waals surface area contributed by atoms with E-state index in [1.54, 1.807) is 24.8 Å². The first-order chi connectivity index (χ1) is 15.7. The van der Waals surface area contributed by atoms with Crippen LogP contribution in [0.15, 0.2) is 36.9 Å². The van der Waals surface area contributed by atoms with Crippen LogP contribution >= 0.6 is 0 Å². The third-order valence-electron chi connectivity index (χ3n) is 6.28. The summed E-state index contributed by atoms with van der Waals surface area (Å²) in [6.45, 7) is 3.38. The number of hydrogen-bond donors (Lipinski definition) is 2. The Morgan fingerprint density at radius 2 is 1.78 bits per heavy atom. The van der Waals surface area contributed by atoms with Crippen LogP contribution in [0.4, 0.5) is 5.82 Å². The van der Waals surface area contributed by atoms with Crippen molar-refractivity contribution in [2.24, 2.45) is 5.92 Å². The normalized spacial score (nSPS) is 18.0. The predicted octanol–water partition coefficient (Wildman–Crippen LogP) is 2.79. The Hall–Kier alpha value is -2.97. The van der Waals surface area contributed by atoms with Gasteiger partial charge in [-0.15, -0.1) is 0 Å². The number of carbonyl (C=O) groups excluding carboxylic acids is 1. The molecule has 2 N–H and O–H groups in total. The Balaban J connectivity index is 1.34. The summed E-state index contributed by atoms with van der Waals surface area (Å²) in [5.74, 6) is 1.10. The molecule has 0 radical (unpaired) electrons. The van der Waals surface area contributed by atoms with Gasteiger partial charge in [-0.2, -0.15) is 0 Å². The lowest BCUT2D eigenvalue weighted by molar-refractivity contribution is -0.125. The maximum absolute atomic E-state index is 12.7. The van der Waals surface area contributed by atoms with Gasteiger partial charge >= 0.3 is 0 Å². The number of aromatic nitrogens is 4. The molecule has 2 saturated heterocycles. The molecule has 2 aliphatic heterocycles. The fourth-order valence-electron chi connectivity index (χ4n) is 4.40. The third kappa shape index (κ3) is 4.92. The van der Waals surface area contributed by atoms with E-state index in [9.17, 15) is 4.79 Å². The molecule has 3 aromatic heterocycles. The topological polar surface area (TPSA) is 102 Å². The number of Topliss-reactive ketones (excluding diaryl/α,β-unsaturated/α-hetero) is 1. The molecule has 0 spiro atoms. The van der Waals surface area contributed by atoms with E-state index in [4.69, 9.17) is 9.72 Å². The molecule has 0 saturated carbocycles. The number of hydrogen-bond acceptors (Lipinski definition) is 8. The van der Waals surface area contributed by atoms with Gasteiger partial charge < -0.3 is 15.4 Å². The Kier molecular flexibility index (Phi) is 6.31. The number of nitrogens with zero attached hydrogens (tertiary/aromatic N) is 4. The van der Waals surface area contributed by atoms with Gasteiger partial charge in [0.1, 0.15) is 17.3 Å². The molecule has 0 aromatic carbocycles. The number of ketones is 1. The average Bonchev–Trinajstić information content (AvgIpc) is 2.85. The monoisotopic (exact) mass is 432 g/mol. The van der Waals surface area contributed by atoms with Crippen molar-refractivity contribution in [2.45, 2.75) is 38.1 Å². The van der Waals surface area contributed by atoms with E-state index in [2.05, 4.69) is 25.6 Å². The molecule has 0 unspecified atom stereocenters. The molecular formula is C24H28N6O2. The second kappa shape index (κ2) is 9.67. The van der Waals surface area contributed by atoms with E-state index in [1.165, 1.54) is 0 Å². The van der Waals surface area contributed by atoms with E-state index in [1.807, 2.05) is 12.1 Å². The summed E-state index contributed by atoms with van der Waals surface area (Å²) in [4.78, 5) is 30.8. The van der Waals surface area contributed by atoms with Gasteiger partial charge in [0, 0.05) is 55.1 Å². The standard InChI is InChI=1S/C24H28N6O2/c31-23(16-3-7-32-8-4-16)11-20-9-17-10-21(28-13-18(17)12-27-20)22-14-26-15-24(30-22)29-19-1-5-25-6-2-19/h9-10,12-16,19,25H,1-8,11H2,(H,29,30). The fraction of sp³-hybridized carbons (Fsp3) is 0.458. The molecule has 32 heavy (non-hydrogen) atoms. The molecule has 5 heterocycles. The first-order valence-corrected chi connectivity index (χ1v) is 11.4. The molecule has 166 valence electrons. The highest BCUT2D eigenvalue weighted by Crippen LogP contribution is 2.23. The van der Waals surface area contributed by atoms with Gasteiger partial charge in [0.25, 0.3) is 0 Å². The van der Waals surface area contributed by atoms with Gasteiger partial charge in [0.2, 0.25) is 0 Å². The molecule has 2 fully saturated rings. The van der Waals surface area contributed by atoms with Gasteiger partial charge in [-0.25, -0.2) is 4.98 Å². The van der Waals surface area contributed by atoms with Gasteiger partial charge in [0.15, 0.2) is 0 Å². The molecule has 3 aromatic rings. The Labute approximate surface area is 187 Å². The molecular weight excluding hydrogens is 404 g/mol. The number of ether oxygens (including phenoxy) is 1. The maximum Gasteiger partial charge on any atom is 0.145 e. The van der Waals surface area contributed by atoms with Gasteiger partial charge in [0.05, 0.1) is 18.1 Å². The lowest BCUT2D eigenvalue weighted by Gasteiger charge is -2.24. The zero-order chi connectivity index (χ0) is 21.8.